The van der Waals surface area contributed by atoms with E-state index in [-0.39, 0.29) is 6.10 Å². The number of rotatable bonds is 5. The summed E-state index contributed by atoms with van der Waals surface area (Å²) < 4.78 is 7.65. The van der Waals surface area contributed by atoms with Crippen LogP contribution >= 0.6 is 0 Å². The van der Waals surface area contributed by atoms with E-state index in [1.165, 1.54) is 11.1 Å². The minimum Gasteiger partial charge on any atom is -0.389 e. The van der Waals surface area contributed by atoms with Gasteiger partial charge in [-0.05, 0) is 36.5 Å². The summed E-state index contributed by atoms with van der Waals surface area (Å²) in [6, 6.07) is 10.3. The predicted molar refractivity (Wildman–Crippen MR) is 76.3 cm³/mol. The minimum atomic E-state index is -0.524. The van der Waals surface area contributed by atoms with Gasteiger partial charge in [0.2, 0.25) is 0 Å². The molecule has 0 saturated heterocycles. The van der Waals surface area contributed by atoms with E-state index in [0.29, 0.717) is 13.2 Å². The van der Waals surface area contributed by atoms with E-state index in [1.807, 2.05) is 12.3 Å². The summed E-state index contributed by atoms with van der Waals surface area (Å²) in [5.74, 6) is 0. The highest BCUT2D eigenvalue weighted by molar-refractivity contribution is 5.31. The van der Waals surface area contributed by atoms with Crippen molar-refractivity contribution in [2.75, 3.05) is 6.61 Å². The van der Waals surface area contributed by atoms with E-state index >= 15 is 0 Å². The fourth-order valence-electron chi connectivity index (χ4n) is 2.79. The Morgan fingerprint density at radius 3 is 3.10 bits per heavy atom. The third-order valence-electron chi connectivity index (χ3n) is 3.76. The third kappa shape index (κ3) is 3.08. The topological polar surface area (TPSA) is 47.3 Å². The van der Waals surface area contributed by atoms with E-state index < -0.39 is 6.10 Å². The van der Waals surface area contributed by atoms with Crippen LogP contribution in [0.5, 0.6) is 0 Å². The smallest absolute Gasteiger partial charge is 0.0969 e. The number of aromatic nitrogens is 2. The third-order valence-corrected chi connectivity index (χ3v) is 3.76. The maximum Gasteiger partial charge on any atom is 0.0969 e. The molecule has 2 atom stereocenters. The molecule has 1 N–H and O–H groups in total. The van der Waals surface area contributed by atoms with E-state index in [0.717, 1.165) is 19.3 Å². The van der Waals surface area contributed by atoms with Crippen LogP contribution in [0.1, 0.15) is 30.1 Å². The molecule has 0 unspecified atom stereocenters. The van der Waals surface area contributed by atoms with Gasteiger partial charge in [0.25, 0.3) is 0 Å². The summed E-state index contributed by atoms with van der Waals surface area (Å²) in [6.07, 6.45) is 6.47. The fraction of sp³-hybridized carbons (Fsp3) is 0.438. The Labute approximate surface area is 119 Å². The minimum absolute atomic E-state index is 0.118. The van der Waals surface area contributed by atoms with Crippen molar-refractivity contribution < 1.29 is 9.84 Å². The molecule has 0 radical (unpaired) electrons. The summed E-state index contributed by atoms with van der Waals surface area (Å²) in [6.45, 7) is 0.820. The van der Waals surface area contributed by atoms with Crippen LogP contribution in [-0.2, 0) is 17.7 Å². The highest BCUT2D eigenvalue weighted by Gasteiger charge is 2.21. The highest BCUT2D eigenvalue weighted by atomic mass is 16.5. The molecule has 4 heteroatoms. The molecule has 0 fully saturated rings. The second-order valence-corrected chi connectivity index (χ2v) is 5.29. The van der Waals surface area contributed by atoms with Crippen molar-refractivity contribution >= 4 is 0 Å². The summed E-state index contributed by atoms with van der Waals surface area (Å²) in [7, 11) is 0. The molecule has 0 bridgehead atoms. The lowest BCUT2D eigenvalue weighted by molar-refractivity contribution is -0.0235. The number of hydrogen-bond donors (Lipinski definition) is 1. The van der Waals surface area contributed by atoms with Crippen LogP contribution in [0.25, 0.3) is 0 Å². The summed E-state index contributed by atoms with van der Waals surface area (Å²) in [5, 5.41) is 14.1. The van der Waals surface area contributed by atoms with Gasteiger partial charge in [0, 0.05) is 12.4 Å². The largest absolute Gasteiger partial charge is 0.389 e. The van der Waals surface area contributed by atoms with Gasteiger partial charge in [-0.2, -0.15) is 5.10 Å². The van der Waals surface area contributed by atoms with E-state index in [1.54, 1.807) is 10.9 Å². The van der Waals surface area contributed by atoms with Gasteiger partial charge >= 0.3 is 0 Å². The van der Waals surface area contributed by atoms with Gasteiger partial charge in [0.15, 0.2) is 0 Å². The molecule has 2 aromatic rings. The Morgan fingerprint density at radius 1 is 1.35 bits per heavy atom. The molecule has 4 nitrogen and oxygen atoms in total. The molecule has 0 saturated carbocycles. The predicted octanol–water partition coefficient (Wildman–Crippen LogP) is 2.34. The second kappa shape index (κ2) is 6.20. The van der Waals surface area contributed by atoms with Crippen molar-refractivity contribution in [3.8, 4) is 0 Å². The van der Waals surface area contributed by atoms with Gasteiger partial charge in [0.05, 0.1) is 25.4 Å². The van der Waals surface area contributed by atoms with Crippen molar-refractivity contribution in [3.63, 3.8) is 0 Å². The van der Waals surface area contributed by atoms with Gasteiger partial charge in [0.1, 0.15) is 0 Å². The number of aliphatic hydroxyl groups excluding tert-OH is 1. The Morgan fingerprint density at radius 2 is 2.25 bits per heavy atom. The van der Waals surface area contributed by atoms with Crippen LogP contribution in [0.4, 0.5) is 0 Å². The molecule has 0 aliphatic heterocycles. The van der Waals surface area contributed by atoms with Crippen LogP contribution in [0.15, 0.2) is 42.7 Å². The van der Waals surface area contributed by atoms with Crippen molar-refractivity contribution in [1.29, 1.82) is 0 Å². The molecule has 0 spiro atoms. The summed E-state index contributed by atoms with van der Waals surface area (Å²) >= 11 is 0. The normalized spacial score (nSPS) is 19.6. The summed E-state index contributed by atoms with van der Waals surface area (Å²) in [5.41, 5.74) is 2.66. The lowest BCUT2D eigenvalue weighted by Gasteiger charge is -2.26. The molecule has 106 valence electrons. The highest BCUT2D eigenvalue weighted by Crippen LogP contribution is 2.32. The van der Waals surface area contributed by atoms with E-state index in [4.69, 9.17) is 4.74 Å². The SMILES string of the molecule is O[C@H](CO[C@@H]1CCCc2ccccc21)Cn1cccn1. The number of aliphatic hydroxyl groups is 1. The number of nitrogens with zero attached hydrogens (tertiary/aromatic N) is 2. The number of ether oxygens (including phenoxy) is 1. The molecule has 1 aromatic carbocycles. The lowest BCUT2D eigenvalue weighted by atomic mass is 9.89. The maximum atomic E-state index is 10.0. The first-order chi connectivity index (χ1) is 9.83. The van der Waals surface area contributed by atoms with Gasteiger partial charge in [-0.25, -0.2) is 0 Å². The monoisotopic (exact) mass is 272 g/mol. The van der Waals surface area contributed by atoms with Gasteiger partial charge < -0.3 is 9.84 Å². The summed E-state index contributed by atoms with van der Waals surface area (Å²) in [4.78, 5) is 0. The number of benzene rings is 1. The zero-order chi connectivity index (χ0) is 13.8. The van der Waals surface area contributed by atoms with Gasteiger partial charge in [-0.3, -0.25) is 4.68 Å². The number of fused-ring (bicyclic) bond motifs is 1. The lowest BCUT2D eigenvalue weighted by Crippen LogP contribution is -2.24. The molecule has 1 aliphatic rings. The second-order valence-electron chi connectivity index (χ2n) is 5.29. The van der Waals surface area contributed by atoms with Crippen molar-refractivity contribution in [1.82, 2.24) is 9.78 Å². The van der Waals surface area contributed by atoms with Crippen LogP contribution in [0.3, 0.4) is 0 Å². The van der Waals surface area contributed by atoms with Crippen molar-refractivity contribution in [2.45, 2.75) is 38.0 Å². The van der Waals surface area contributed by atoms with Crippen LogP contribution in [0.2, 0.25) is 0 Å². The van der Waals surface area contributed by atoms with E-state index in [2.05, 4.69) is 29.4 Å². The number of hydrogen-bond acceptors (Lipinski definition) is 3. The molecular weight excluding hydrogens is 252 g/mol. The fourth-order valence-corrected chi connectivity index (χ4v) is 2.79. The first-order valence-corrected chi connectivity index (χ1v) is 7.18. The standard InChI is InChI=1S/C16H20N2O2/c19-14(11-18-10-4-9-17-18)12-20-16-8-3-6-13-5-1-2-7-15(13)16/h1-2,4-5,7,9-10,14,16,19H,3,6,8,11-12H2/t14-,16+/m0/s1. The van der Waals surface area contributed by atoms with E-state index in [9.17, 15) is 5.11 Å². The first-order valence-electron chi connectivity index (χ1n) is 7.18. The number of aryl methyl sites for hydroxylation is 1. The van der Waals surface area contributed by atoms with Crippen LogP contribution in [0, 0.1) is 0 Å². The van der Waals surface area contributed by atoms with Gasteiger partial charge in [-0.15, -0.1) is 0 Å². The Kier molecular flexibility index (Phi) is 4.14. The zero-order valence-electron chi connectivity index (χ0n) is 11.5. The first kappa shape index (κ1) is 13.3. The molecule has 1 aliphatic carbocycles. The Hall–Kier alpha value is -1.65. The molecular formula is C16H20N2O2. The van der Waals surface area contributed by atoms with Crippen molar-refractivity contribution in [2.24, 2.45) is 0 Å². The van der Waals surface area contributed by atoms with Gasteiger partial charge in [-0.1, -0.05) is 24.3 Å². The maximum absolute atomic E-state index is 10.0. The average Bonchev–Trinajstić information content (AvgIpc) is 2.98. The Balaban J connectivity index is 1.56. The average molecular weight is 272 g/mol. The molecule has 0 amide bonds. The van der Waals surface area contributed by atoms with Crippen LogP contribution < -0.4 is 0 Å². The molecule has 20 heavy (non-hydrogen) atoms. The van der Waals surface area contributed by atoms with Crippen LogP contribution in [-0.4, -0.2) is 27.6 Å². The quantitative estimate of drug-likeness (QED) is 0.908. The molecule has 1 aromatic heterocycles. The molecule has 3 rings (SSSR count). The Bertz CT molecular complexity index is 539. The zero-order valence-corrected chi connectivity index (χ0v) is 11.5. The molecule has 1 heterocycles. The van der Waals surface area contributed by atoms with Crippen molar-refractivity contribution in [3.05, 3.63) is 53.9 Å².